The van der Waals surface area contributed by atoms with Crippen molar-refractivity contribution in [3.8, 4) is 5.75 Å². The van der Waals surface area contributed by atoms with Gasteiger partial charge in [0.05, 0.1) is 5.69 Å². The van der Waals surface area contributed by atoms with Gasteiger partial charge in [0.2, 0.25) is 0 Å². The molecule has 2 aliphatic heterocycles. The summed E-state index contributed by atoms with van der Waals surface area (Å²) < 4.78 is 18.9. The molecule has 1 atom stereocenters. The fourth-order valence-electron chi connectivity index (χ4n) is 3.94. The molecule has 7 heteroatoms. The minimum atomic E-state index is -0.543. The number of anilines is 2. The van der Waals surface area contributed by atoms with Crippen LogP contribution >= 0.6 is 0 Å². The van der Waals surface area contributed by atoms with Gasteiger partial charge < -0.3 is 19.9 Å². The monoisotopic (exact) mass is 411 g/mol. The Bertz CT molecular complexity index is 926. The van der Waals surface area contributed by atoms with Gasteiger partial charge in [-0.1, -0.05) is 6.42 Å². The summed E-state index contributed by atoms with van der Waals surface area (Å²) in [4.78, 5) is 29.4. The molecule has 158 valence electrons. The lowest BCUT2D eigenvalue weighted by Crippen LogP contribution is -2.48. The zero-order valence-electron chi connectivity index (χ0n) is 17.1. The van der Waals surface area contributed by atoms with E-state index in [1.807, 2.05) is 0 Å². The summed E-state index contributed by atoms with van der Waals surface area (Å²) in [5.74, 6) is -0.192. The SMILES string of the molecule is CC1Oc2ccc(NC(=O)c3ccc(F)cc3)cc2N(CCN2CCCCC2)C1=O. The number of carbonyl (C=O) groups is 2. The van der Waals surface area contributed by atoms with E-state index in [0.29, 0.717) is 29.2 Å². The van der Waals surface area contributed by atoms with E-state index in [-0.39, 0.29) is 11.8 Å². The molecule has 2 aromatic carbocycles. The molecule has 0 bridgehead atoms. The molecule has 4 rings (SSSR count). The molecule has 1 N–H and O–H groups in total. The largest absolute Gasteiger partial charge is 0.479 e. The first kappa shape index (κ1) is 20.3. The van der Waals surface area contributed by atoms with Gasteiger partial charge in [-0.15, -0.1) is 0 Å². The van der Waals surface area contributed by atoms with Crippen molar-refractivity contribution in [2.24, 2.45) is 0 Å². The number of piperidine rings is 1. The molecule has 0 aliphatic carbocycles. The maximum atomic E-state index is 13.1. The summed E-state index contributed by atoms with van der Waals surface area (Å²) in [7, 11) is 0. The summed E-state index contributed by atoms with van der Waals surface area (Å²) in [6.07, 6.45) is 3.12. The van der Waals surface area contributed by atoms with E-state index in [4.69, 9.17) is 4.74 Å². The van der Waals surface area contributed by atoms with E-state index in [9.17, 15) is 14.0 Å². The second-order valence-corrected chi connectivity index (χ2v) is 7.80. The smallest absolute Gasteiger partial charge is 0.267 e. The molecule has 2 amide bonds. The molecule has 0 saturated carbocycles. The van der Waals surface area contributed by atoms with Gasteiger partial charge in [0.1, 0.15) is 11.6 Å². The Labute approximate surface area is 175 Å². The molecule has 0 aromatic heterocycles. The van der Waals surface area contributed by atoms with Crippen molar-refractivity contribution in [3.05, 3.63) is 53.8 Å². The van der Waals surface area contributed by atoms with E-state index < -0.39 is 11.9 Å². The van der Waals surface area contributed by atoms with Gasteiger partial charge in [-0.05, 0) is 75.3 Å². The fourth-order valence-corrected chi connectivity index (χ4v) is 3.94. The Kier molecular flexibility index (Phi) is 5.99. The van der Waals surface area contributed by atoms with E-state index >= 15 is 0 Å². The number of nitrogens with zero attached hydrogens (tertiary/aromatic N) is 2. The number of hydrogen-bond donors (Lipinski definition) is 1. The van der Waals surface area contributed by atoms with Crippen LogP contribution in [0.2, 0.25) is 0 Å². The third kappa shape index (κ3) is 4.46. The number of fused-ring (bicyclic) bond motifs is 1. The minimum Gasteiger partial charge on any atom is -0.479 e. The molecule has 2 heterocycles. The summed E-state index contributed by atoms with van der Waals surface area (Å²) in [5, 5.41) is 2.81. The Morgan fingerprint density at radius 1 is 1.10 bits per heavy atom. The number of likely N-dealkylation sites (tertiary alicyclic amines) is 1. The topological polar surface area (TPSA) is 61.9 Å². The molecule has 2 aliphatic rings. The normalized spacial score (nSPS) is 19.2. The van der Waals surface area contributed by atoms with Crippen molar-refractivity contribution >= 4 is 23.2 Å². The zero-order chi connectivity index (χ0) is 21.1. The van der Waals surface area contributed by atoms with Gasteiger partial charge in [0.25, 0.3) is 11.8 Å². The zero-order valence-corrected chi connectivity index (χ0v) is 17.1. The molecular formula is C23H26FN3O3. The third-order valence-corrected chi connectivity index (χ3v) is 5.62. The van der Waals surface area contributed by atoms with E-state index in [2.05, 4.69) is 10.2 Å². The maximum absolute atomic E-state index is 13.1. The van der Waals surface area contributed by atoms with Gasteiger partial charge in [-0.25, -0.2) is 4.39 Å². The van der Waals surface area contributed by atoms with Crippen LogP contribution in [-0.2, 0) is 4.79 Å². The summed E-state index contributed by atoms with van der Waals surface area (Å²) in [6, 6.07) is 10.6. The van der Waals surface area contributed by atoms with Crippen molar-refractivity contribution in [2.45, 2.75) is 32.3 Å². The first-order chi connectivity index (χ1) is 14.5. The van der Waals surface area contributed by atoms with Gasteiger partial charge in [-0.2, -0.15) is 0 Å². The second kappa shape index (κ2) is 8.83. The highest BCUT2D eigenvalue weighted by molar-refractivity contribution is 6.05. The number of halogens is 1. The Morgan fingerprint density at radius 2 is 1.83 bits per heavy atom. The molecule has 1 saturated heterocycles. The third-order valence-electron chi connectivity index (χ3n) is 5.62. The first-order valence-electron chi connectivity index (χ1n) is 10.4. The molecule has 2 aromatic rings. The molecular weight excluding hydrogens is 385 g/mol. The van der Waals surface area contributed by atoms with Gasteiger partial charge in [0, 0.05) is 24.3 Å². The van der Waals surface area contributed by atoms with Crippen LogP contribution in [0.1, 0.15) is 36.5 Å². The Hall–Kier alpha value is -2.93. The van der Waals surface area contributed by atoms with Gasteiger partial charge in [0.15, 0.2) is 6.10 Å². The minimum absolute atomic E-state index is 0.0819. The number of carbonyl (C=O) groups excluding carboxylic acids is 2. The Morgan fingerprint density at radius 3 is 2.57 bits per heavy atom. The van der Waals surface area contributed by atoms with Crippen LogP contribution in [0.25, 0.3) is 0 Å². The number of hydrogen-bond acceptors (Lipinski definition) is 4. The van der Waals surface area contributed by atoms with Gasteiger partial charge in [-0.3, -0.25) is 9.59 Å². The average Bonchev–Trinajstić information content (AvgIpc) is 2.75. The standard InChI is InChI=1S/C23H26FN3O3/c1-16-23(29)27(14-13-26-11-3-2-4-12-26)20-15-19(9-10-21(20)30-16)25-22(28)17-5-7-18(24)8-6-17/h5-10,15-16H,2-4,11-14H2,1H3,(H,25,28). The van der Waals surface area contributed by atoms with Crippen LogP contribution in [-0.4, -0.2) is 49.0 Å². The lowest BCUT2D eigenvalue weighted by Gasteiger charge is -2.35. The highest BCUT2D eigenvalue weighted by atomic mass is 19.1. The lowest BCUT2D eigenvalue weighted by atomic mass is 10.1. The first-order valence-corrected chi connectivity index (χ1v) is 10.4. The number of rotatable bonds is 5. The number of nitrogens with one attached hydrogen (secondary N) is 1. The molecule has 1 fully saturated rings. The predicted molar refractivity (Wildman–Crippen MR) is 114 cm³/mol. The van der Waals surface area contributed by atoms with E-state index in [1.54, 1.807) is 30.0 Å². The number of ether oxygens (including phenoxy) is 1. The maximum Gasteiger partial charge on any atom is 0.267 e. The highest BCUT2D eigenvalue weighted by Crippen LogP contribution is 2.36. The van der Waals surface area contributed by atoms with Crippen LogP contribution in [0.5, 0.6) is 5.75 Å². The van der Waals surface area contributed by atoms with Crippen molar-refractivity contribution in [2.75, 3.05) is 36.4 Å². The molecule has 1 unspecified atom stereocenters. The van der Waals surface area contributed by atoms with E-state index in [0.717, 1.165) is 19.6 Å². The van der Waals surface area contributed by atoms with Crippen LogP contribution in [0.4, 0.5) is 15.8 Å². The van der Waals surface area contributed by atoms with Crippen molar-refractivity contribution < 1.29 is 18.7 Å². The summed E-state index contributed by atoms with van der Waals surface area (Å²) in [5.41, 5.74) is 1.57. The van der Waals surface area contributed by atoms with Crippen LogP contribution in [0.3, 0.4) is 0 Å². The molecule has 30 heavy (non-hydrogen) atoms. The van der Waals surface area contributed by atoms with Crippen LogP contribution < -0.4 is 15.0 Å². The lowest BCUT2D eigenvalue weighted by molar-refractivity contribution is -0.125. The quantitative estimate of drug-likeness (QED) is 0.815. The Balaban J connectivity index is 1.52. The summed E-state index contributed by atoms with van der Waals surface area (Å²) in [6.45, 7) is 5.27. The van der Waals surface area contributed by atoms with Crippen molar-refractivity contribution in [1.82, 2.24) is 4.90 Å². The average molecular weight is 411 g/mol. The van der Waals surface area contributed by atoms with Crippen molar-refractivity contribution in [1.29, 1.82) is 0 Å². The highest BCUT2D eigenvalue weighted by Gasteiger charge is 2.32. The van der Waals surface area contributed by atoms with E-state index in [1.165, 1.54) is 43.5 Å². The van der Waals surface area contributed by atoms with Crippen molar-refractivity contribution in [3.63, 3.8) is 0 Å². The van der Waals surface area contributed by atoms with Crippen LogP contribution in [0.15, 0.2) is 42.5 Å². The number of amides is 2. The predicted octanol–water partition coefficient (Wildman–Crippen LogP) is 3.68. The summed E-state index contributed by atoms with van der Waals surface area (Å²) >= 11 is 0. The molecule has 0 radical (unpaired) electrons. The van der Waals surface area contributed by atoms with Gasteiger partial charge >= 0.3 is 0 Å². The molecule has 0 spiro atoms. The second-order valence-electron chi connectivity index (χ2n) is 7.80. The fraction of sp³-hybridized carbons (Fsp3) is 0.391. The van der Waals surface area contributed by atoms with Crippen LogP contribution in [0, 0.1) is 5.82 Å². The molecule has 6 nitrogen and oxygen atoms in total. The number of benzene rings is 2.